The maximum Gasteiger partial charge on any atom is 0.338 e. The van der Waals surface area contributed by atoms with Gasteiger partial charge in [0, 0.05) is 45.3 Å². The predicted molar refractivity (Wildman–Crippen MR) is 76.6 cm³/mol. The maximum atomic E-state index is 12.2. The largest absolute Gasteiger partial charge is 0.478 e. The molecule has 1 N–H and O–H groups in total. The van der Waals surface area contributed by atoms with Gasteiger partial charge in [-0.25, -0.2) is 4.79 Å². The number of hydrogen-bond donors (Lipinski definition) is 1. The van der Waals surface area contributed by atoms with E-state index in [0.717, 1.165) is 32.4 Å². The van der Waals surface area contributed by atoms with Crippen LogP contribution >= 0.6 is 0 Å². The summed E-state index contributed by atoms with van der Waals surface area (Å²) < 4.78 is 5.05. The van der Waals surface area contributed by atoms with E-state index < -0.39 is 5.97 Å². The Hall–Kier alpha value is -1.86. The van der Waals surface area contributed by atoms with Gasteiger partial charge >= 0.3 is 5.97 Å². The van der Waals surface area contributed by atoms with Gasteiger partial charge in [-0.1, -0.05) is 0 Å². The zero-order chi connectivity index (χ0) is 15.4. The van der Waals surface area contributed by atoms with E-state index in [1.165, 1.54) is 6.07 Å². The average Bonchev–Trinajstić information content (AvgIpc) is 2.95. The van der Waals surface area contributed by atoms with E-state index in [0.29, 0.717) is 13.1 Å². The van der Waals surface area contributed by atoms with E-state index in [4.69, 9.17) is 9.52 Å². The lowest BCUT2D eigenvalue weighted by Crippen LogP contribution is -2.49. The van der Waals surface area contributed by atoms with Gasteiger partial charge in [0.05, 0.1) is 5.56 Å². The molecule has 1 amide bonds. The third-order valence-electron chi connectivity index (χ3n) is 3.58. The van der Waals surface area contributed by atoms with Crippen LogP contribution in [0.4, 0.5) is 0 Å². The van der Waals surface area contributed by atoms with E-state index in [-0.39, 0.29) is 17.2 Å². The molecule has 0 atom stereocenters. The summed E-state index contributed by atoms with van der Waals surface area (Å²) in [5.41, 5.74) is 0.00275. The smallest absolute Gasteiger partial charge is 0.338 e. The van der Waals surface area contributed by atoms with E-state index in [1.807, 2.05) is 14.1 Å². The second kappa shape index (κ2) is 6.73. The van der Waals surface area contributed by atoms with Crippen LogP contribution in [0.1, 0.15) is 20.9 Å². The second-order valence-corrected chi connectivity index (χ2v) is 5.44. The molecule has 1 aliphatic rings. The molecule has 2 heterocycles. The highest BCUT2D eigenvalue weighted by molar-refractivity contribution is 5.95. The van der Waals surface area contributed by atoms with Gasteiger partial charge in [-0.15, -0.1) is 0 Å². The quantitative estimate of drug-likeness (QED) is 0.842. The number of carboxylic acid groups (broad SMARTS) is 1. The van der Waals surface area contributed by atoms with Crippen molar-refractivity contribution in [2.24, 2.45) is 0 Å². The van der Waals surface area contributed by atoms with Gasteiger partial charge in [0.15, 0.2) is 5.76 Å². The monoisotopic (exact) mass is 295 g/mol. The van der Waals surface area contributed by atoms with E-state index in [9.17, 15) is 9.59 Å². The lowest BCUT2D eigenvalue weighted by Gasteiger charge is -2.34. The van der Waals surface area contributed by atoms with Gasteiger partial charge in [0.2, 0.25) is 0 Å². The molecule has 1 aromatic heterocycles. The molecule has 0 aromatic carbocycles. The summed E-state index contributed by atoms with van der Waals surface area (Å²) in [6.45, 7) is 4.90. The highest BCUT2D eigenvalue weighted by atomic mass is 16.4. The number of carbonyl (C=O) groups excluding carboxylic acids is 1. The highest BCUT2D eigenvalue weighted by Gasteiger charge is 2.24. The van der Waals surface area contributed by atoms with Gasteiger partial charge in [-0.3, -0.25) is 9.69 Å². The number of amides is 1. The van der Waals surface area contributed by atoms with E-state index >= 15 is 0 Å². The number of nitrogens with zero attached hydrogens (tertiary/aromatic N) is 3. The van der Waals surface area contributed by atoms with Gasteiger partial charge in [-0.05, 0) is 14.1 Å². The van der Waals surface area contributed by atoms with E-state index in [1.54, 1.807) is 4.90 Å². The molecule has 0 aliphatic carbocycles. The summed E-state index contributed by atoms with van der Waals surface area (Å²) in [4.78, 5) is 29.2. The Morgan fingerprint density at radius 1 is 1.29 bits per heavy atom. The van der Waals surface area contributed by atoms with Gasteiger partial charge in [-0.2, -0.15) is 0 Å². The molecular weight excluding hydrogens is 274 g/mol. The van der Waals surface area contributed by atoms with Gasteiger partial charge < -0.3 is 19.3 Å². The lowest BCUT2D eigenvalue weighted by molar-refractivity contribution is 0.0598. The Bertz CT molecular complexity index is 504. The van der Waals surface area contributed by atoms with Crippen LogP contribution < -0.4 is 0 Å². The summed E-state index contributed by atoms with van der Waals surface area (Å²) in [6, 6.07) is 1.28. The van der Waals surface area contributed by atoms with Crippen molar-refractivity contribution in [2.45, 2.75) is 0 Å². The van der Waals surface area contributed by atoms with Crippen LogP contribution in [-0.4, -0.2) is 85.0 Å². The first-order chi connectivity index (χ1) is 9.97. The molecule has 0 spiro atoms. The fraction of sp³-hybridized carbons (Fsp3) is 0.571. The molecule has 116 valence electrons. The number of hydrogen-bond acceptors (Lipinski definition) is 5. The average molecular weight is 295 g/mol. The fourth-order valence-electron chi connectivity index (χ4n) is 2.23. The predicted octanol–water partition coefficient (Wildman–Crippen LogP) is 0.297. The number of rotatable bonds is 5. The third-order valence-corrected chi connectivity index (χ3v) is 3.58. The maximum absolute atomic E-state index is 12.2. The topological polar surface area (TPSA) is 77.2 Å². The van der Waals surface area contributed by atoms with Gasteiger partial charge in [0.1, 0.15) is 6.26 Å². The molecule has 1 saturated heterocycles. The number of carboxylic acids is 1. The Morgan fingerprint density at radius 2 is 1.95 bits per heavy atom. The van der Waals surface area contributed by atoms with Crippen molar-refractivity contribution in [3.8, 4) is 0 Å². The van der Waals surface area contributed by atoms with Crippen molar-refractivity contribution in [3.63, 3.8) is 0 Å². The fourth-order valence-corrected chi connectivity index (χ4v) is 2.23. The van der Waals surface area contributed by atoms with Crippen molar-refractivity contribution < 1.29 is 19.1 Å². The third kappa shape index (κ3) is 4.05. The molecule has 1 aromatic rings. The molecule has 7 nitrogen and oxygen atoms in total. The van der Waals surface area contributed by atoms with Crippen molar-refractivity contribution in [1.82, 2.24) is 14.7 Å². The Labute approximate surface area is 123 Å². The first-order valence-corrected chi connectivity index (χ1v) is 6.95. The summed E-state index contributed by atoms with van der Waals surface area (Å²) in [5.74, 6) is -1.24. The normalized spacial score (nSPS) is 16.4. The SMILES string of the molecule is CN(C)CCN1CCN(C(=O)c2cc(C(=O)O)co2)CC1. The summed E-state index contributed by atoms with van der Waals surface area (Å²) in [6.07, 6.45) is 1.10. The first kappa shape index (κ1) is 15.5. The first-order valence-electron chi connectivity index (χ1n) is 6.95. The van der Waals surface area contributed by atoms with Gasteiger partial charge in [0.25, 0.3) is 5.91 Å². The van der Waals surface area contributed by atoms with Crippen molar-refractivity contribution in [2.75, 3.05) is 53.4 Å². The molecule has 2 rings (SSSR count). The molecule has 1 aliphatic heterocycles. The standard InChI is InChI=1S/C14H21N3O4/c1-15(2)3-4-16-5-7-17(8-6-16)13(18)12-9-11(10-21-12)14(19)20/h9-10H,3-8H2,1-2H3,(H,19,20). The van der Waals surface area contributed by atoms with Crippen LogP contribution in [0.25, 0.3) is 0 Å². The second-order valence-electron chi connectivity index (χ2n) is 5.44. The van der Waals surface area contributed by atoms with Crippen molar-refractivity contribution in [3.05, 3.63) is 23.7 Å². The van der Waals surface area contributed by atoms with Crippen LogP contribution in [0.3, 0.4) is 0 Å². The molecule has 21 heavy (non-hydrogen) atoms. The van der Waals surface area contributed by atoms with Crippen LogP contribution in [0.2, 0.25) is 0 Å². The van der Waals surface area contributed by atoms with Crippen LogP contribution in [0, 0.1) is 0 Å². The minimum absolute atomic E-state index is 0.00275. The van der Waals surface area contributed by atoms with Crippen LogP contribution in [0.5, 0.6) is 0 Å². The lowest BCUT2D eigenvalue weighted by atomic mass is 10.2. The molecule has 0 bridgehead atoms. The zero-order valence-electron chi connectivity index (χ0n) is 12.4. The molecule has 0 radical (unpaired) electrons. The Morgan fingerprint density at radius 3 is 2.48 bits per heavy atom. The molecular formula is C14H21N3O4. The highest BCUT2D eigenvalue weighted by Crippen LogP contribution is 2.12. The zero-order valence-corrected chi connectivity index (χ0v) is 12.4. The van der Waals surface area contributed by atoms with Crippen molar-refractivity contribution in [1.29, 1.82) is 0 Å². The Balaban J connectivity index is 1.86. The number of likely N-dealkylation sites (N-methyl/N-ethyl adjacent to an activating group) is 1. The number of furan rings is 1. The molecule has 1 fully saturated rings. The summed E-state index contributed by atoms with van der Waals surface area (Å²) in [5, 5.41) is 8.83. The number of aromatic carboxylic acids is 1. The molecule has 0 saturated carbocycles. The minimum Gasteiger partial charge on any atom is -0.478 e. The molecule has 0 unspecified atom stereocenters. The Kier molecular flexibility index (Phi) is 4.98. The molecule has 7 heteroatoms. The summed E-state index contributed by atoms with van der Waals surface area (Å²) >= 11 is 0. The minimum atomic E-state index is -1.09. The number of piperazine rings is 1. The van der Waals surface area contributed by atoms with Crippen molar-refractivity contribution >= 4 is 11.9 Å². The van der Waals surface area contributed by atoms with Crippen LogP contribution in [-0.2, 0) is 0 Å². The van der Waals surface area contributed by atoms with E-state index in [2.05, 4.69) is 9.80 Å². The summed E-state index contributed by atoms with van der Waals surface area (Å²) in [7, 11) is 4.08. The number of carbonyl (C=O) groups is 2. The van der Waals surface area contributed by atoms with Crippen LogP contribution in [0.15, 0.2) is 16.7 Å².